The Kier molecular flexibility index (Phi) is 5.92. The fourth-order valence-corrected chi connectivity index (χ4v) is 2.59. The number of anilines is 1. The fraction of sp³-hybridized carbons (Fsp3) is 0.0952. The average molecular weight is 399 g/mol. The van der Waals surface area contributed by atoms with Gasteiger partial charge in [-0.15, -0.1) is 0 Å². The highest BCUT2D eigenvalue weighted by molar-refractivity contribution is 6.05. The van der Waals surface area contributed by atoms with Gasteiger partial charge in [0, 0.05) is 30.1 Å². The molecule has 0 saturated heterocycles. The van der Waals surface area contributed by atoms with Crippen LogP contribution in [0.2, 0.25) is 0 Å². The van der Waals surface area contributed by atoms with Gasteiger partial charge in [0.15, 0.2) is 0 Å². The molecular weight excluding hydrogens is 383 g/mol. The van der Waals surface area contributed by atoms with Gasteiger partial charge in [0.25, 0.3) is 11.8 Å². The number of hydrogen-bond donors (Lipinski definition) is 2. The van der Waals surface area contributed by atoms with Crippen molar-refractivity contribution in [2.24, 2.45) is 0 Å². The molecule has 0 aliphatic rings. The van der Waals surface area contributed by atoms with E-state index in [2.05, 4.69) is 15.6 Å². The zero-order valence-corrected chi connectivity index (χ0v) is 15.0. The summed E-state index contributed by atoms with van der Waals surface area (Å²) >= 11 is 0. The number of rotatable bonds is 5. The summed E-state index contributed by atoms with van der Waals surface area (Å²) in [7, 11) is 0. The second kappa shape index (κ2) is 8.55. The number of carbonyl (C=O) groups excluding carboxylic acids is 2. The van der Waals surface area contributed by atoms with E-state index in [-0.39, 0.29) is 17.2 Å². The van der Waals surface area contributed by atoms with Gasteiger partial charge in [0.2, 0.25) is 0 Å². The quantitative estimate of drug-likeness (QED) is 0.673. The summed E-state index contributed by atoms with van der Waals surface area (Å²) in [4.78, 5) is 28.4. The van der Waals surface area contributed by atoms with Gasteiger partial charge >= 0.3 is 6.18 Å². The molecule has 2 amide bonds. The molecule has 5 nitrogen and oxygen atoms in total. The van der Waals surface area contributed by atoms with Crippen molar-refractivity contribution in [1.29, 1.82) is 0 Å². The Labute approximate surface area is 164 Å². The van der Waals surface area contributed by atoms with E-state index in [0.29, 0.717) is 12.1 Å². The molecule has 0 spiro atoms. The minimum absolute atomic E-state index is 0.132. The molecule has 0 saturated carbocycles. The van der Waals surface area contributed by atoms with Gasteiger partial charge in [-0.05, 0) is 54.1 Å². The van der Waals surface area contributed by atoms with Gasteiger partial charge in [-0.3, -0.25) is 14.6 Å². The third-order valence-electron chi connectivity index (χ3n) is 4.09. The Morgan fingerprint density at radius 1 is 0.828 bits per heavy atom. The number of benzene rings is 2. The van der Waals surface area contributed by atoms with E-state index in [1.165, 1.54) is 42.5 Å². The van der Waals surface area contributed by atoms with Crippen molar-refractivity contribution in [3.63, 3.8) is 0 Å². The van der Waals surface area contributed by atoms with Crippen LogP contribution in [0.1, 0.15) is 31.8 Å². The smallest absolute Gasteiger partial charge is 0.348 e. The first-order valence-electron chi connectivity index (χ1n) is 8.59. The molecule has 0 radical (unpaired) electrons. The Balaban J connectivity index is 1.66. The average Bonchev–Trinajstić information content (AvgIpc) is 2.72. The minimum atomic E-state index is -4.58. The fourth-order valence-electron chi connectivity index (χ4n) is 2.59. The van der Waals surface area contributed by atoms with Crippen LogP contribution in [0.25, 0.3) is 0 Å². The number of nitrogens with one attached hydrogen (secondary N) is 2. The Morgan fingerprint density at radius 3 is 2.03 bits per heavy atom. The first kappa shape index (κ1) is 20.1. The molecule has 148 valence electrons. The zero-order valence-electron chi connectivity index (χ0n) is 15.0. The lowest BCUT2D eigenvalue weighted by atomic mass is 10.1. The summed E-state index contributed by atoms with van der Waals surface area (Å²) in [5, 5.41) is 5.00. The standard InChI is InChI=1S/C21H16F3N3O2/c22-21(23,24)17-3-1-2-4-18(17)27-20(29)16-7-5-15(6-8-16)19(28)26-13-14-9-11-25-12-10-14/h1-12H,13H2,(H,26,28)(H,27,29). The summed E-state index contributed by atoms with van der Waals surface area (Å²) in [6, 6.07) is 13.9. The SMILES string of the molecule is O=C(NCc1ccncc1)c1ccc(C(=O)Nc2ccccc2C(F)(F)F)cc1. The first-order valence-corrected chi connectivity index (χ1v) is 8.59. The van der Waals surface area contributed by atoms with Crippen LogP contribution in [0.3, 0.4) is 0 Å². The summed E-state index contributed by atoms with van der Waals surface area (Å²) in [6.07, 6.45) is -1.35. The van der Waals surface area contributed by atoms with Crippen LogP contribution in [0.15, 0.2) is 73.1 Å². The van der Waals surface area contributed by atoms with E-state index >= 15 is 0 Å². The van der Waals surface area contributed by atoms with Gasteiger partial charge < -0.3 is 10.6 Å². The third kappa shape index (κ3) is 5.19. The van der Waals surface area contributed by atoms with Gasteiger partial charge in [-0.2, -0.15) is 13.2 Å². The van der Waals surface area contributed by atoms with E-state index in [1.54, 1.807) is 24.5 Å². The van der Waals surface area contributed by atoms with E-state index in [4.69, 9.17) is 0 Å². The lowest BCUT2D eigenvalue weighted by Crippen LogP contribution is -2.23. The highest BCUT2D eigenvalue weighted by atomic mass is 19.4. The molecule has 0 atom stereocenters. The van der Waals surface area contributed by atoms with Gasteiger partial charge in [0.1, 0.15) is 0 Å². The molecule has 3 rings (SSSR count). The minimum Gasteiger partial charge on any atom is -0.348 e. The maximum Gasteiger partial charge on any atom is 0.418 e. The topological polar surface area (TPSA) is 71.1 Å². The number of amides is 2. The van der Waals surface area contributed by atoms with Crippen LogP contribution < -0.4 is 10.6 Å². The molecule has 0 unspecified atom stereocenters. The van der Waals surface area contributed by atoms with Crippen molar-refractivity contribution in [2.75, 3.05) is 5.32 Å². The van der Waals surface area contributed by atoms with Crippen molar-refractivity contribution < 1.29 is 22.8 Å². The third-order valence-corrected chi connectivity index (χ3v) is 4.09. The highest BCUT2D eigenvalue weighted by Gasteiger charge is 2.33. The molecule has 0 fully saturated rings. The van der Waals surface area contributed by atoms with Crippen LogP contribution in [0.5, 0.6) is 0 Å². The molecule has 0 aliphatic carbocycles. The van der Waals surface area contributed by atoms with Gasteiger partial charge in [-0.1, -0.05) is 12.1 Å². The number of aromatic nitrogens is 1. The van der Waals surface area contributed by atoms with E-state index in [0.717, 1.165) is 11.6 Å². The number of para-hydroxylation sites is 1. The monoisotopic (exact) mass is 399 g/mol. The molecule has 0 bridgehead atoms. The van der Waals surface area contributed by atoms with Crippen LogP contribution in [-0.2, 0) is 12.7 Å². The van der Waals surface area contributed by atoms with Crippen molar-refractivity contribution in [3.8, 4) is 0 Å². The lowest BCUT2D eigenvalue weighted by Gasteiger charge is -2.13. The first-order chi connectivity index (χ1) is 13.8. The number of halogens is 3. The predicted octanol–water partition coefficient (Wildman–Crippen LogP) is 4.28. The molecule has 3 aromatic rings. The largest absolute Gasteiger partial charge is 0.418 e. The van der Waals surface area contributed by atoms with E-state index in [9.17, 15) is 22.8 Å². The predicted molar refractivity (Wildman–Crippen MR) is 101 cm³/mol. The second-order valence-electron chi connectivity index (χ2n) is 6.11. The van der Waals surface area contributed by atoms with Crippen LogP contribution in [-0.4, -0.2) is 16.8 Å². The lowest BCUT2D eigenvalue weighted by molar-refractivity contribution is -0.136. The van der Waals surface area contributed by atoms with Crippen molar-refractivity contribution in [2.45, 2.75) is 12.7 Å². The van der Waals surface area contributed by atoms with Crippen LogP contribution in [0.4, 0.5) is 18.9 Å². The molecule has 29 heavy (non-hydrogen) atoms. The second-order valence-corrected chi connectivity index (χ2v) is 6.11. The number of hydrogen-bond acceptors (Lipinski definition) is 3. The summed E-state index contributed by atoms with van der Waals surface area (Å²) in [6.45, 7) is 0.317. The number of nitrogens with zero attached hydrogens (tertiary/aromatic N) is 1. The zero-order chi connectivity index (χ0) is 20.9. The molecule has 1 aromatic heterocycles. The summed E-state index contributed by atoms with van der Waals surface area (Å²) in [5.41, 5.74) is 0.0799. The maximum atomic E-state index is 13.0. The van der Waals surface area contributed by atoms with Crippen LogP contribution >= 0.6 is 0 Å². The molecule has 8 heteroatoms. The Morgan fingerprint density at radius 2 is 1.41 bits per heavy atom. The van der Waals surface area contributed by atoms with Crippen molar-refractivity contribution >= 4 is 17.5 Å². The normalized spacial score (nSPS) is 11.0. The number of carbonyl (C=O) groups is 2. The van der Waals surface area contributed by atoms with Crippen LogP contribution in [0, 0.1) is 0 Å². The van der Waals surface area contributed by atoms with Gasteiger partial charge in [-0.25, -0.2) is 0 Å². The van der Waals surface area contributed by atoms with Gasteiger partial charge in [0.05, 0.1) is 11.3 Å². The number of alkyl halides is 3. The maximum absolute atomic E-state index is 13.0. The molecule has 2 N–H and O–H groups in total. The number of pyridine rings is 1. The Hall–Kier alpha value is -3.68. The van der Waals surface area contributed by atoms with E-state index < -0.39 is 17.6 Å². The van der Waals surface area contributed by atoms with E-state index in [1.807, 2.05) is 0 Å². The molecular formula is C21H16F3N3O2. The van der Waals surface area contributed by atoms with Crippen molar-refractivity contribution in [1.82, 2.24) is 10.3 Å². The molecule has 0 aliphatic heterocycles. The summed E-state index contributed by atoms with van der Waals surface area (Å²) < 4.78 is 39.1. The molecule has 1 heterocycles. The highest BCUT2D eigenvalue weighted by Crippen LogP contribution is 2.34. The summed E-state index contributed by atoms with van der Waals surface area (Å²) in [5.74, 6) is -1.04. The molecule has 2 aromatic carbocycles. The van der Waals surface area contributed by atoms with Crippen molar-refractivity contribution in [3.05, 3.63) is 95.3 Å². The Bertz CT molecular complexity index is 1000.